The van der Waals surface area contributed by atoms with E-state index in [2.05, 4.69) is 4.90 Å². The van der Waals surface area contributed by atoms with Gasteiger partial charge in [0, 0.05) is 18.7 Å². The molecule has 1 N–H and O–H groups in total. The fraction of sp³-hybridized carbons (Fsp3) is 0.500. The minimum Gasteiger partial charge on any atom is -0.493 e. The van der Waals surface area contributed by atoms with Crippen molar-refractivity contribution >= 4 is 6.08 Å². The summed E-state index contributed by atoms with van der Waals surface area (Å²) in [6, 6.07) is 3.75. The monoisotopic (exact) mass is 293 g/mol. The highest BCUT2D eigenvalue weighted by Gasteiger charge is 2.21. The van der Waals surface area contributed by atoms with Crippen LogP contribution in [0.1, 0.15) is 12.0 Å². The molecule has 1 atom stereocenters. The summed E-state index contributed by atoms with van der Waals surface area (Å²) in [4.78, 5) is 2.19. The summed E-state index contributed by atoms with van der Waals surface area (Å²) in [5.74, 6) is 1.80. The number of nitrogens with zero attached hydrogens (tertiary/aromatic N) is 1. The Labute approximate surface area is 125 Å². The maximum atomic E-state index is 10.1. The van der Waals surface area contributed by atoms with Gasteiger partial charge in [-0.15, -0.1) is 0 Å². The van der Waals surface area contributed by atoms with Gasteiger partial charge < -0.3 is 24.2 Å². The molecule has 1 fully saturated rings. The van der Waals surface area contributed by atoms with Crippen molar-refractivity contribution in [3.63, 3.8) is 0 Å². The van der Waals surface area contributed by atoms with E-state index >= 15 is 0 Å². The summed E-state index contributed by atoms with van der Waals surface area (Å²) in [5, 5.41) is 10.1. The van der Waals surface area contributed by atoms with Gasteiger partial charge in [0.25, 0.3) is 0 Å². The van der Waals surface area contributed by atoms with Gasteiger partial charge in [-0.25, -0.2) is 0 Å². The number of hydrogen-bond donors (Lipinski definition) is 1. The fourth-order valence-corrected chi connectivity index (χ4v) is 2.60. The van der Waals surface area contributed by atoms with E-state index in [1.165, 1.54) is 0 Å². The molecule has 0 unspecified atom stereocenters. The van der Waals surface area contributed by atoms with Crippen LogP contribution >= 0.6 is 0 Å². The second-order valence-electron chi connectivity index (χ2n) is 5.19. The van der Waals surface area contributed by atoms with E-state index in [0.29, 0.717) is 17.2 Å². The SMILES string of the molecule is COc1ccc(/C=C2\CN(C)CC[C@H]2O)c(OC)c1OC. The van der Waals surface area contributed by atoms with Gasteiger partial charge in [-0.05, 0) is 37.3 Å². The number of methoxy groups -OCH3 is 3. The fourth-order valence-electron chi connectivity index (χ4n) is 2.60. The van der Waals surface area contributed by atoms with Crippen molar-refractivity contribution in [3.8, 4) is 17.2 Å². The summed E-state index contributed by atoms with van der Waals surface area (Å²) >= 11 is 0. The second kappa shape index (κ2) is 6.83. The molecule has 21 heavy (non-hydrogen) atoms. The van der Waals surface area contributed by atoms with Crippen molar-refractivity contribution in [2.75, 3.05) is 41.5 Å². The first-order valence-corrected chi connectivity index (χ1v) is 6.96. The molecule has 1 aromatic carbocycles. The molecule has 1 aliphatic heterocycles. The number of aliphatic hydroxyl groups excluding tert-OH is 1. The lowest BCUT2D eigenvalue weighted by molar-refractivity contribution is 0.145. The predicted molar refractivity (Wildman–Crippen MR) is 82.2 cm³/mol. The maximum Gasteiger partial charge on any atom is 0.203 e. The Hall–Kier alpha value is -1.72. The predicted octanol–water partition coefficient (Wildman–Crippen LogP) is 1.79. The zero-order valence-corrected chi connectivity index (χ0v) is 13.0. The molecule has 0 bridgehead atoms. The molecule has 0 aromatic heterocycles. The lowest BCUT2D eigenvalue weighted by atomic mass is 9.98. The normalized spacial score (nSPS) is 21.4. The Balaban J connectivity index is 2.43. The van der Waals surface area contributed by atoms with E-state index in [-0.39, 0.29) is 0 Å². The van der Waals surface area contributed by atoms with Crippen LogP contribution in [0.4, 0.5) is 0 Å². The summed E-state index contributed by atoms with van der Waals surface area (Å²) in [5.41, 5.74) is 1.86. The molecule has 0 aliphatic carbocycles. The van der Waals surface area contributed by atoms with E-state index < -0.39 is 6.10 Å². The zero-order valence-electron chi connectivity index (χ0n) is 13.0. The van der Waals surface area contributed by atoms with Gasteiger partial charge in [0.15, 0.2) is 11.5 Å². The topological polar surface area (TPSA) is 51.2 Å². The molecule has 1 heterocycles. The number of rotatable bonds is 4. The molecule has 0 radical (unpaired) electrons. The van der Waals surface area contributed by atoms with Gasteiger partial charge in [-0.3, -0.25) is 0 Å². The standard InChI is InChI=1S/C16H23NO4/c1-17-8-7-13(18)12(10-17)9-11-5-6-14(19-2)16(21-4)15(11)20-3/h5-6,9,13,18H,7-8,10H2,1-4H3/b12-9+/t13-/m1/s1. The summed E-state index contributed by atoms with van der Waals surface area (Å²) in [6.07, 6.45) is 2.32. The van der Waals surface area contributed by atoms with Crippen LogP contribution in [-0.4, -0.2) is 57.6 Å². The van der Waals surface area contributed by atoms with Crippen molar-refractivity contribution in [2.45, 2.75) is 12.5 Å². The smallest absolute Gasteiger partial charge is 0.203 e. The highest BCUT2D eigenvalue weighted by atomic mass is 16.5. The van der Waals surface area contributed by atoms with Crippen LogP contribution < -0.4 is 14.2 Å². The van der Waals surface area contributed by atoms with Crippen molar-refractivity contribution in [3.05, 3.63) is 23.3 Å². The minimum atomic E-state index is -0.404. The Bertz CT molecular complexity index is 527. The Morgan fingerprint density at radius 3 is 2.48 bits per heavy atom. The molecule has 5 heteroatoms. The number of likely N-dealkylation sites (N-methyl/N-ethyl adjacent to an activating group) is 1. The number of ether oxygens (including phenoxy) is 3. The highest BCUT2D eigenvalue weighted by Crippen LogP contribution is 2.40. The van der Waals surface area contributed by atoms with Gasteiger partial charge in [0.1, 0.15) is 0 Å². The van der Waals surface area contributed by atoms with Crippen LogP contribution in [0, 0.1) is 0 Å². The van der Waals surface area contributed by atoms with E-state index in [1.54, 1.807) is 21.3 Å². The number of piperidine rings is 1. The van der Waals surface area contributed by atoms with Gasteiger partial charge in [0.05, 0.1) is 27.4 Å². The lowest BCUT2D eigenvalue weighted by Gasteiger charge is -2.29. The quantitative estimate of drug-likeness (QED) is 0.917. The van der Waals surface area contributed by atoms with E-state index in [4.69, 9.17) is 14.2 Å². The van der Waals surface area contributed by atoms with Crippen molar-refractivity contribution < 1.29 is 19.3 Å². The summed E-state index contributed by atoms with van der Waals surface area (Å²) in [7, 11) is 6.82. The van der Waals surface area contributed by atoms with Gasteiger partial charge in [-0.1, -0.05) is 0 Å². The van der Waals surface area contributed by atoms with Crippen LogP contribution in [0.15, 0.2) is 17.7 Å². The van der Waals surface area contributed by atoms with Crippen LogP contribution in [0.2, 0.25) is 0 Å². The van der Waals surface area contributed by atoms with Crippen LogP contribution in [0.5, 0.6) is 17.2 Å². The first-order valence-electron chi connectivity index (χ1n) is 6.96. The molecule has 0 amide bonds. The molecular weight excluding hydrogens is 270 g/mol. The third-order valence-corrected chi connectivity index (χ3v) is 3.74. The molecule has 0 saturated carbocycles. The van der Waals surface area contributed by atoms with Crippen molar-refractivity contribution in [1.82, 2.24) is 4.90 Å². The molecule has 0 spiro atoms. The van der Waals surface area contributed by atoms with Gasteiger partial charge in [0.2, 0.25) is 5.75 Å². The first kappa shape index (κ1) is 15.7. The third-order valence-electron chi connectivity index (χ3n) is 3.74. The average molecular weight is 293 g/mol. The Kier molecular flexibility index (Phi) is 5.09. The van der Waals surface area contributed by atoms with E-state index in [0.717, 1.165) is 30.6 Å². The number of benzene rings is 1. The molecular formula is C16H23NO4. The molecule has 1 saturated heterocycles. The summed E-state index contributed by atoms with van der Waals surface area (Å²) < 4.78 is 16.1. The highest BCUT2D eigenvalue weighted by molar-refractivity contribution is 5.68. The lowest BCUT2D eigenvalue weighted by Crippen LogP contribution is -2.35. The van der Waals surface area contributed by atoms with Crippen molar-refractivity contribution in [1.29, 1.82) is 0 Å². The van der Waals surface area contributed by atoms with Gasteiger partial charge >= 0.3 is 0 Å². The van der Waals surface area contributed by atoms with E-state index in [1.807, 2.05) is 25.3 Å². The molecule has 116 valence electrons. The Morgan fingerprint density at radius 2 is 1.86 bits per heavy atom. The zero-order chi connectivity index (χ0) is 15.4. The molecule has 5 nitrogen and oxygen atoms in total. The molecule has 1 aromatic rings. The van der Waals surface area contributed by atoms with Crippen LogP contribution in [-0.2, 0) is 0 Å². The summed E-state index contributed by atoms with van der Waals surface area (Å²) in [6.45, 7) is 1.65. The second-order valence-corrected chi connectivity index (χ2v) is 5.19. The van der Waals surface area contributed by atoms with Crippen LogP contribution in [0.25, 0.3) is 6.08 Å². The Morgan fingerprint density at radius 1 is 1.14 bits per heavy atom. The number of likely N-dealkylation sites (tertiary alicyclic amines) is 1. The third kappa shape index (κ3) is 3.31. The minimum absolute atomic E-state index is 0.404. The molecule has 1 aliphatic rings. The average Bonchev–Trinajstić information content (AvgIpc) is 2.50. The number of aliphatic hydroxyl groups is 1. The first-order chi connectivity index (χ1) is 10.1. The maximum absolute atomic E-state index is 10.1. The van der Waals surface area contributed by atoms with Gasteiger partial charge in [-0.2, -0.15) is 0 Å². The van der Waals surface area contributed by atoms with E-state index in [9.17, 15) is 5.11 Å². The molecule has 2 rings (SSSR count). The number of hydrogen-bond acceptors (Lipinski definition) is 5. The largest absolute Gasteiger partial charge is 0.493 e. The van der Waals surface area contributed by atoms with Crippen molar-refractivity contribution in [2.24, 2.45) is 0 Å². The van der Waals surface area contributed by atoms with Crippen LogP contribution in [0.3, 0.4) is 0 Å².